The Bertz CT molecular complexity index is 1340. The molecule has 2 N–H and O–H groups in total. The summed E-state index contributed by atoms with van der Waals surface area (Å²) in [4.78, 5) is 29.4. The molecular formula is C21H16ClFN6O2S. The van der Waals surface area contributed by atoms with E-state index < -0.39 is 11.7 Å². The van der Waals surface area contributed by atoms with Gasteiger partial charge in [0.15, 0.2) is 10.8 Å². The number of halogens is 2. The van der Waals surface area contributed by atoms with E-state index in [2.05, 4.69) is 25.8 Å². The van der Waals surface area contributed by atoms with Crippen molar-refractivity contribution < 1.29 is 14.0 Å². The van der Waals surface area contributed by atoms with Crippen molar-refractivity contribution in [3.05, 3.63) is 70.1 Å². The molecule has 0 radical (unpaired) electrons. The lowest BCUT2D eigenvalue weighted by molar-refractivity contribution is -0.114. The minimum Gasteiger partial charge on any atom is -0.326 e. The highest BCUT2D eigenvalue weighted by molar-refractivity contribution is 7.14. The third-order valence-electron chi connectivity index (χ3n) is 4.33. The number of carbonyl (C=O) groups excluding carboxylic acids is 2. The Morgan fingerprint density at radius 3 is 2.66 bits per heavy atom. The van der Waals surface area contributed by atoms with Gasteiger partial charge in [0.05, 0.1) is 17.1 Å². The first-order valence-electron chi connectivity index (χ1n) is 9.34. The summed E-state index contributed by atoms with van der Waals surface area (Å²) in [5.74, 6) is -1.32. The number of rotatable bonds is 5. The number of hydrogen-bond donors (Lipinski definition) is 2. The monoisotopic (exact) mass is 470 g/mol. The zero-order valence-corrected chi connectivity index (χ0v) is 18.5. The van der Waals surface area contributed by atoms with Crippen molar-refractivity contribution >= 4 is 45.6 Å². The fourth-order valence-electron chi connectivity index (χ4n) is 2.92. The predicted molar refractivity (Wildman–Crippen MR) is 121 cm³/mol. The highest BCUT2D eigenvalue weighted by Gasteiger charge is 2.19. The predicted octanol–water partition coefficient (Wildman–Crippen LogP) is 4.70. The largest absolute Gasteiger partial charge is 0.326 e. The molecule has 2 aromatic heterocycles. The van der Waals surface area contributed by atoms with E-state index in [0.717, 1.165) is 11.3 Å². The smallest absolute Gasteiger partial charge is 0.279 e. The number of nitrogens with one attached hydrogen (secondary N) is 2. The molecule has 0 bridgehead atoms. The topological polar surface area (TPSA) is 102 Å². The maximum atomic E-state index is 14.5. The van der Waals surface area contributed by atoms with Crippen molar-refractivity contribution in [1.29, 1.82) is 0 Å². The van der Waals surface area contributed by atoms with Crippen LogP contribution in [-0.2, 0) is 4.79 Å². The van der Waals surface area contributed by atoms with Crippen LogP contribution in [0.15, 0.2) is 47.8 Å². The molecule has 162 valence electrons. The summed E-state index contributed by atoms with van der Waals surface area (Å²) in [6, 6.07) is 11.2. The highest BCUT2D eigenvalue weighted by atomic mass is 35.5. The fraction of sp³-hybridized carbons (Fsp3) is 0.0952. The fourth-order valence-corrected chi connectivity index (χ4v) is 3.81. The van der Waals surface area contributed by atoms with Crippen molar-refractivity contribution in [1.82, 2.24) is 20.0 Å². The SMILES string of the molecule is CC(=O)Nc1ccc(-c2csc(NC(=O)c3nn(-c4cccc(Cl)c4)nc3C)n2)c(F)c1. The van der Waals surface area contributed by atoms with Crippen molar-refractivity contribution in [3.8, 4) is 16.9 Å². The van der Waals surface area contributed by atoms with Gasteiger partial charge < -0.3 is 5.32 Å². The Morgan fingerprint density at radius 1 is 1.12 bits per heavy atom. The van der Waals surface area contributed by atoms with Gasteiger partial charge in [-0.15, -0.1) is 16.4 Å². The molecule has 2 amide bonds. The van der Waals surface area contributed by atoms with E-state index in [9.17, 15) is 14.0 Å². The van der Waals surface area contributed by atoms with Crippen LogP contribution in [0.25, 0.3) is 16.9 Å². The zero-order chi connectivity index (χ0) is 22.8. The van der Waals surface area contributed by atoms with Gasteiger partial charge in [-0.2, -0.15) is 9.90 Å². The number of thiazole rings is 1. The summed E-state index contributed by atoms with van der Waals surface area (Å²) in [6.45, 7) is 3.01. The van der Waals surface area contributed by atoms with E-state index in [1.54, 1.807) is 42.6 Å². The van der Waals surface area contributed by atoms with Crippen LogP contribution in [0.4, 0.5) is 15.2 Å². The molecule has 0 spiro atoms. The Kier molecular flexibility index (Phi) is 5.97. The Morgan fingerprint density at radius 2 is 1.94 bits per heavy atom. The third kappa shape index (κ3) is 4.66. The average molecular weight is 471 g/mol. The molecule has 0 saturated carbocycles. The van der Waals surface area contributed by atoms with E-state index >= 15 is 0 Å². The van der Waals surface area contributed by atoms with Crippen LogP contribution in [-0.4, -0.2) is 31.8 Å². The quantitative estimate of drug-likeness (QED) is 0.440. The number of carbonyl (C=O) groups is 2. The van der Waals surface area contributed by atoms with E-state index in [0.29, 0.717) is 27.8 Å². The van der Waals surface area contributed by atoms with Gasteiger partial charge in [-0.3, -0.25) is 14.9 Å². The zero-order valence-electron chi connectivity index (χ0n) is 16.9. The molecule has 0 aliphatic heterocycles. The van der Waals surface area contributed by atoms with Crippen molar-refractivity contribution in [2.45, 2.75) is 13.8 Å². The van der Waals surface area contributed by atoms with Crippen LogP contribution in [0.3, 0.4) is 0 Å². The third-order valence-corrected chi connectivity index (χ3v) is 5.32. The molecule has 32 heavy (non-hydrogen) atoms. The molecule has 0 aliphatic rings. The number of aromatic nitrogens is 4. The van der Waals surface area contributed by atoms with E-state index in [-0.39, 0.29) is 22.3 Å². The van der Waals surface area contributed by atoms with Crippen LogP contribution in [0.2, 0.25) is 5.02 Å². The lowest BCUT2D eigenvalue weighted by Crippen LogP contribution is -2.14. The molecule has 0 aliphatic carbocycles. The number of hydrogen-bond acceptors (Lipinski definition) is 6. The minimum absolute atomic E-state index is 0.132. The van der Waals surface area contributed by atoms with Crippen LogP contribution in [0.5, 0.6) is 0 Å². The maximum Gasteiger partial charge on any atom is 0.279 e. The van der Waals surface area contributed by atoms with Gasteiger partial charge in [0.25, 0.3) is 5.91 Å². The molecule has 0 fully saturated rings. The summed E-state index contributed by atoms with van der Waals surface area (Å²) in [5.41, 5.74) is 2.14. The first kappa shape index (κ1) is 21.6. The summed E-state index contributed by atoms with van der Waals surface area (Å²) < 4.78 is 14.5. The van der Waals surface area contributed by atoms with E-state index in [1.165, 1.54) is 23.9 Å². The highest BCUT2D eigenvalue weighted by Crippen LogP contribution is 2.29. The van der Waals surface area contributed by atoms with Gasteiger partial charge >= 0.3 is 0 Å². The number of benzene rings is 2. The molecule has 0 unspecified atom stereocenters. The average Bonchev–Trinajstić information content (AvgIpc) is 3.34. The van der Waals surface area contributed by atoms with E-state index in [1.807, 2.05) is 0 Å². The number of aryl methyl sites for hydroxylation is 1. The molecule has 0 atom stereocenters. The first-order chi connectivity index (χ1) is 15.3. The van der Waals surface area contributed by atoms with Crippen molar-refractivity contribution in [3.63, 3.8) is 0 Å². The number of nitrogens with zero attached hydrogens (tertiary/aromatic N) is 4. The van der Waals surface area contributed by atoms with E-state index in [4.69, 9.17) is 11.6 Å². The van der Waals surface area contributed by atoms with Gasteiger partial charge in [0, 0.05) is 28.6 Å². The minimum atomic E-state index is -0.542. The van der Waals surface area contributed by atoms with Crippen LogP contribution in [0, 0.1) is 12.7 Å². The van der Waals surface area contributed by atoms with Gasteiger partial charge in [0.1, 0.15) is 5.82 Å². The molecular weight excluding hydrogens is 455 g/mol. The molecule has 2 aromatic carbocycles. The second-order valence-electron chi connectivity index (χ2n) is 6.77. The van der Waals surface area contributed by atoms with Crippen molar-refractivity contribution in [2.75, 3.05) is 10.6 Å². The van der Waals surface area contributed by atoms with Gasteiger partial charge in [-0.05, 0) is 43.3 Å². The lowest BCUT2D eigenvalue weighted by Gasteiger charge is -2.05. The lowest BCUT2D eigenvalue weighted by atomic mass is 10.1. The molecule has 0 saturated heterocycles. The second kappa shape index (κ2) is 8.85. The molecule has 2 heterocycles. The second-order valence-corrected chi connectivity index (χ2v) is 8.07. The summed E-state index contributed by atoms with van der Waals surface area (Å²) >= 11 is 7.16. The number of amides is 2. The number of anilines is 2. The Balaban J connectivity index is 1.52. The molecule has 11 heteroatoms. The molecule has 8 nitrogen and oxygen atoms in total. The van der Waals surface area contributed by atoms with Gasteiger partial charge in [0.2, 0.25) is 5.91 Å². The van der Waals surface area contributed by atoms with Crippen LogP contribution < -0.4 is 10.6 Å². The van der Waals surface area contributed by atoms with Gasteiger partial charge in [-0.25, -0.2) is 9.37 Å². The standard InChI is InChI=1S/C21H16ClFN6O2S/c1-11-19(28-29(27-11)15-5-3-4-13(22)8-15)20(31)26-21-25-18(10-32-21)16-7-6-14(9-17(16)23)24-12(2)30/h3-10H,1-2H3,(H,24,30)(H,25,26,31). The van der Waals surface area contributed by atoms with Crippen molar-refractivity contribution in [2.24, 2.45) is 0 Å². The Hall–Kier alpha value is -3.63. The Labute approximate surface area is 191 Å². The molecule has 4 aromatic rings. The van der Waals surface area contributed by atoms with Crippen LogP contribution >= 0.6 is 22.9 Å². The summed E-state index contributed by atoms with van der Waals surface area (Å²) in [7, 11) is 0. The maximum absolute atomic E-state index is 14.5. The van der Waals surface area contributed by atoms with Crippen LogP contribution in [0.1, 0.15) is 23.1 Å². The summed E-state index contributed by atoms with van der Waals surface area (Å²) in [6.07, 6.45) is 0. The molecule has 4 rings (SSSR count). The van der Waals surface area contributed by atoms with Gasteiger partial charge in [-0.1, -0.05) is 17.7 Å². The normalized spacial score (nSPS) is 10.8. The summed E-state index contributed by atoms with van der Waals surface area (Å²) in [5, 5.41) is 16.1. The first-order valence-corrected chi connectivity index (χ1v) is 10.6.